The van der Waals surface area contributed by atoms with E-state index >= 15 is 0 Å². The van der Waals surface area contributed by atoms with E-state index in [1.807, 2.05) is 14.1 Å². The van der Waals surface area contributed by atoms with Crippen molar-refractivity contribution in [3.8, 4) is 0 Å². The topological polar surface area (TPSA) is 96.7 Å². The van der Waals surface area contributed by atoms with Gasteiger partial charge in [0.15, 0.2) is 5.96 Å². The van der Waals surface area contributed by atoms with Crippen molar-refractivity contribution in [2.75, 3.05) is 32.5 Å². The summed E-state index contributed by atoms with van der Waals surface area (Å²) in [6.45, 7) is 2.84. The van der Waals surface area contributed by atoms with Crippen LogP contribution >= 0.6 is 23.2 Å². The summed E-state index contributed by atoms with van der Waals surface area (Å²) in [7, 11) is 3.77. The number of amides is 1. The van der Waals surface area contributed by atoms with Crippen molar-refractivity contribution in [3.05, 3.63) is 28.2 Å². The first-order chi connectivity index (χ1) is 10.3. The van der Waals surface area contributed by atoms with Crippen molar-refractivity contribution in [1.29, 1.82) is 0 Å². The quantitative estimate of drug-likeness (QED) is 0.574. The Morgan fingerprint density at radius 3 is 2.41 bits per heavy atom. The van der Waals surface area contributed by atoms with Gasteiger partial charge in [-0.2, -0.15) is 0 Å². The van der Waals surface area contributed by atoms with Gasteiger partial charge in [-0.15, -0.1) is 0 Å². The van der Waals surface area contributed by atoms with Crippen LogP contribution in [0.25, 0.3) is 0 Å². The van der Waals surface area contributed by atoms with E-state index < -0.39 is 0 Å². The molecule has 1 rings (SSSR count). The molecule has 0 saturated heterocycles. The molecule has 0 fully saturated rings. The molecular formula is C14H23Cl2N5O. The van der Waals surface area contributed by atoms with Crippen LogP contribution in [0.4, 0.5) is 5.69 Å². The highest BCUT2D eigenvalue weighted by atomic mass is 35.5. The number of guanidine groups is 1. The first kappa shape index (κ1) is 20.5. The molecule has 0 radical (unpaired) electrons. The molecule has 0 aliphatic heterocycles. The van der Waals surface area contributed by atoms with Gasteiger partial charge in [0.25, 0.3) is 0 Å². The molecule has 8 heteroatoms. The minimum absolute atomic E-state index is 0.0553. The van der Waals surface area contributed by atoms with Crippen LogP contribution in [-0.4, -0.2) is 44.0 Å². The Kier molecular flexibility index (Phi) is 10.4. The minimum atomic E-state index is -0.265. The number of nitrogens with two attached hydrogens (primary N) is 2. The summed E-state index contributed by atoms with van der Waals surface area (Å²) in [6, 6.07) is 4.83. The van der Waals surface area contributed by atoms with E-state index in [1.54, 1.807) is 23.1 Å². The number of halogens is 2. The average molecular weight is 348 g/mol. The number of nitrogens with one attached hydrogen (secondary N) is 1. The number of carbonyl (C=O) groups is 1. The average Bonchev–Trinajstić information content (AvgIpc) is 2.48. The van der Waals surface area contributed by atoms with Gasteiger partial charge in [-0.05, 0) is 24.6 Å². The molecule has 0 heterocycles. The molecule has 5 N–H and O–H groups in total. The van der Waals surface area contributed by atoms with Crippen molar-refractivity contribution < 1.29 is 4.79 Å². The van der Waals surface area contributed by atoms with Crippen molar-refractivity contribution in [1.82, 2.24) is 4.90 Å². The molecule has 0 atom stereocenters. The molecule has 0 aromatic heterocycles. The van der Waals surface area contributed by atoms with Gasteiger partial charge in [0.2, 0.25) is 5.91 Å². The summed E-state index contributed by atoms with van der Waals surface area (Å²) >= 11 is 11.4. The fourth-order valence-electron chi connectivity index (χ4n) is 1.15. The van der Waals surface area contributed by atoms with E-state index in [0.29, 0.717) is 21.7 Å². The summed E-state index contributed by atoms with van der Waals surface area (Å²) in [6.07, 6.45) is 1.05. The lowest BCUT2D eigenvalue weighted by atomic mass is 10.3. The van der Waals surface area contributed by atoms with Gasteiger partial charge in [0.1, 0.15) is 0 Å². The van der Waals surface area contributed by atoms with Gasteiger partial charge in [0, 0.05) is 26.3 Å². The number of aliphatic imine (C=N–C) groups is 1. The fourth-order valence-corrected chi connectivity index (χ4v) is 1.45. The van der Waals surface area contributed by atoms with Gasteiger partial charge in [0.05, 0.1) is 16.6 Å². The van der Waals surface area contributed by atoms with Crippen LogP contribution in [0.1, 0.15) is 13.3 Å². The summed E-state index contributed by atoms with van der Waals surface area (Å²) in [5, 5.41) is 3.40. The lowest BCUT2D eigenvalue weighted by Crippen LogP contribution is -2.30. The molecule has 0 aliphatic carbocycles. The molecule has 22 heavy (non-hydrogen) atoms. The van der Waals surface area contributed by atoms with Crippen molar-refractivity contribution in [2.24, 2.45) is 16.5 Å². The number of carbonyl (C=O) groups excluding carboxylic acids is 1. The van der Waals surface area contributed by atoms with Crippen LogP contribution in [0, 0.1) is 0 Å². The Morgan fingerprint density at radius 1 is 1.32 bits per heavy atom. The molecule has 1 amide bonds. The summed E-state index contributed by atoms with van der Waals surface area (Å²) in [5.74, 6) is 0.343. The number of nitrogens with zero attached hydrogens (tertiary/aromatic N) is 2. The highest BCUT2D eigenvalue weighted by Gasteiger charge is 2.01. The molecule has 124 valence electrons. The van der Waals surface area contributed by atoms with Crippen LogP contribution in [0.3, 0.4) is 0 Å². The van der Waals surface area contributed by atoms with Crippen molar-refractivity contribution in [2.45, 2.75) is 13.3 Å². The van der Waals surface area contributed by atoms with E-state index in [-0.39, 0.29) is 12.5 Å². The van der Waals surface area contributed by atoms with Crippen LogP contribution in [-0.2, 0) is 4.79 Å². The second-order valence-corrected chi connectivity index (χ2v) is 5.33. The van der Waals surface area contributed by atoms with Crippen LogP contribution in [0.15, 0.2) is 23.2 Å². The summed E-state index contributed by atoms with van der Waals surface area (Å²) in [5.41, 5.74) is 11.2. The van der Waals surface area contributed by atoms with E-state index in [1.165, 1.54) is 0 Å². The maximum atomic E-state index is 10.9. The van der Waals surface area contributed by atoms with Crippen LogP contribution in [0.2, 0.25) is 10.0 Å². The third-order valence-corrected chi connectivity index (χ3v) is 3.08. The number of rotatable bonds is 4. The Bertz CT molecular complexity index is 506. The van der Waals surface area contributed by atoms with E-state index in [0.717, 1.165) is 13.0 Å². The second kappa shape index (κ2) is 11.1. The highest BCUT2D eigenvalue weighted by Crippen LogP contribution is 2.24. The molecule has 0 saturated carbocycles. The number of anilines is 1. The standard InChI is InChI=1S/C8H8Cl2N2O.C6H15N3/c9-6-2-1-5(3-7(6)10)12-8(13)4-11;1-4-5-8-6(7)9(2)3/h1-3H,4,11H2,(H,12,13);4-5H2,1-3H3,(H2,7,8). The molecule has 0 unspecified atom stereocenters. The highest BCUT2D eigenvalue weighted by molar-refractivity contribution is 6.42. The number of hydrogen-bond donors (Lipinski definition) is 3. The predicted molar refractivity (Wildman–Crippen MR) is 94.6 cm³/mol. The lowest BCUT2D eigenvalue weighted by molar-refractivity contribution is -0.114. The van der Waals surface area contributed by atoms with Crippen molar-refractivity contribution >= 4 is 40.8 Å². The fraction of sp³-hybridized carbons (Fsp3) is 0.429. The Balaban J connectivity index is 0.000000433. The SMILES string of the molecule is CCCN=C(N)N(C)C.NCC(=O)Nc1ccc(Cl)c(Cl)c1. The minimum Gasteiger partial charge on any atom is -0.370 e. The Morgan fingerprint density at radius 2 is 1.95 bits per heavy atom. The predicted octanol–water partition coefficient (Wildman–Crippen LogP) is 2.16. The molecule has 0 bridgehead atoms. The maximum absolute atomic E-state index is 10.9. The first-order valence-electron chi connectivity index (χ1n) is 6.74. The van der Waals surface area contributed by atoms with Gasteiger partial charge in [-0.1, -0.05) is 30.1 Å². The van der Waals surface area contributed by atoms with Gasteiger partial charge < -0.3 is 21.7 Å². The van der Waals surface area contributed by atoms with Gasteiger partial charge in [-0.25, -0.2) is 0 Å². The second-order valence-electron chi connectivity index (χ2n) is 4.52. The molecule has 6 nitrogen and oxygen atoms in total. The molecule has 1 aromatic carbocycles. The van der Waals surface area contributed by atoms with E-state index in [4.69, 9.17) is 34.7 Å². The number of hydrogen-bond acceptors (Lipinski definition) is 3. The lowest BCUT2D eigenvalue weighted by Gasteiger charge is -2.09. The zero-order chi connectivity index (χ0) is 17.1. The maximum Gasteiger partial charge on any atom is 0.238 e. The normalized spacial score (nSPS) is 10.5. The first-order valence-corrected chi connectivity index (χ1v) is 7.49. The monoisotopic (exact) mass is 347 g/mol. The molecule has 0 aliphatic rings. The zero-order valence-corrected chi connectivity index (χ0v) is 14.6. The zero-order valence-electron chi connectivity index (χ0n) is 13.1. The molecular weight excluding hydrogens is 325 g/mol. The third kappa shape index (κ3) is 8.71. The Labute approximate surface area is 141 Å². The van der Waals surface area contributed by atoms with Crippen molar-refractivity contribution in [3.63, 3.8) is 0 Å². The van der Waals surface area contributed by atoms with Crippen LogP contribution in [0.5, 0.6) is 0 Å². The molecule has 0 spiro atoms. The third-order valence-electron chi connectivity index (χ3n) is 2.34. The number of benzene rings is 1. The largest absolute Gasteiger partial charge is 0.370 e. The van der Waals surface area contributed by atoms with E-state index in [2.05, 4.69) is 17.2 Å². The van der Waals surface area contributed by atoms with E-state index in [9.17, 15) is 4.79 Å². The van der Waals surface area contributed by atoms with Gasteiger partial charge >= 0.3 is 0 Å². The Hall–Kier alpha value is -1.50. The van der Waals surface area contributed by atoms with Crippen LogP contribution < -0.4 is 16.8 Å². The summed E-state index contributed by atoms with van der Waals surface area (Å²) < 4.78 is 0. The molecule has 1 aromatic rings. The smallest absolute Gasteiger partial charge is 0.238 e. The van der Waals surface area contributed by atoms with Gasteiger partial charge in [-0.3, -0.25) is 9.79 Å². The summed E-state index contributed by atoms with van der Waals surface area (Å²) in [4.78, 5) is 16.7.